The molecule has 0 aliphatic heterocycles. The molecular formula is C21H21N3O4S. The molecule has 8 heteroatoms. The van der Waals surface area contributed by atoms with Crippen LogP contribution < -0.4 is 5.32 Å². The second kappa shape index (κ2) is 9.79. The maximum absolute atomic E-state index is 12.4. The fourth-order valence-corrected chi connectivity index (χ4v) is 3.26. The van der Waals surface area contributed by atoms with E-state index in [2.05, 4.69) is 10.3 Å². The standard InChI is InChI=1S/C21H21N3O4S/c1-3-27-19(25)11-6-15-4-7-16(8-5-15)23-20(26)18-10-9-17(28-18)14-29-21-22-12-13-24(21)2/h4-13H,3,14H2,1-2H3,(H,23,26)/b11-6+. The Morgan fingerprint density at radius 1 is 1.24 bits per heavy atom. The Bertz CT molecular complexity index is 1010. The first-order chi connectivity index (χ1) is 14.0. The molecule has 0 saturated heterocycles. The molecule has 1 amide bonds. The smallest absolute Gasteiger partial charge is 0.330 e. The first-order valence-electron chi connectivity index (χ1n) is 9.00. The van der Waals surface area contributed by atoms with Crippen molar-refractivity contribution >= 4 is 35.4 Å². The highest BCUT2D eigenvalue weighted by Gasteiger charge is 2.12. The number of imidazole rings is 1. The van der Waals surface area contributed by atoms with Crippen LogP contribution in [-0.2, 0) is 22.3 Å². The number of furan rings is 1. The van der Waals surface area contributed by atoms with Crippen LogP contribution in [-0.4, -0.2) is 28.0 Å². The minimum Gasteiger partial charge on any atom is -0.463 e. The minimum atomic E-state index is -0.389. The molecule has 29 heavy (non-hydrogen) atoms. The fraction of sp³-hybridized carbons (Fsp3) is 0.190. The lowest BCUT2D eigenvalue weighted by Gasteiger charge is -2.04. The van der Waals surface area contributed by atoms with Crippen LogP contribution in [0.5, 0.6) is 0 Å². The third kappa shape index (κ3) is 5.86. The van der Waals surface area contributed by atoms with E-state index in [1.165, 1.54) is 17.8 Å². The van der Waals surface area contributed by atoms with Gasteiger partial charge in [0.25, 0.3) is 5.91 Å². The molecule has 0 fully saturated rings. The molecule has 3 aromatic rings. The Kier molecular flexibility index (Phi) is 6.91. The van der Waals surface area contributed by atoms with Gasteiger partial charge in [0.1, 0.15) is 5.76 Å². The van der Waals surface area contributed by atoms with Gasteiger partial charge < -0.3 is 19.0 Å². The number of hydrogen-bond acceptors (Lipinski definition) is 6. The molecule has 0 bridgehead atoms. The van der Waals surface area contributed by atoms with E-state index in [-0.39, 0.29) is 17.6 Å². The van der Waals surface area contributed by atoms with Crippen molar-refractivity contribution in [3.63, 3.8) is 0 Å². The summed E-state index contributed by atoms with van der Waals surface area (Å²) in [5.74, 6) is 0.807. The third-order valence-corrected chi connectivity index (χ3v) is 4.95. The number of amides is 1. The SMILES string of the molecule is CCOC(=O)/C=C/c1ccc(NC(=O)c2ccc(CSc3nccn3C)o2)cc1. The van der Waals surface area contributed by atoms with Crippen LogP contribution in [0, 0.1) is 0 Å². The van der Waals surface area contributed by atoms with E-state index >= 15 is 0 Å². The lowest BCUT2D eigenvalue weighted by Crippen LogP contribution is -2.10. The van der Waals surface area contributed by atoms with E-state index in [9.17, 15) is 9.59 Å². The van der Waals surface area contributed by atoms with Crippen molar-refractivity contribution in [3.8, 4) is 0 Å². The molecule has 1 aromatic carbocycles. The number of carbonyl (C=O) groups is 2. The molecular weight excluding hydrogens is 390 g/mol. The van der Waals surface area contributed by atoms with Crippen LogP contribution in [0.3, 0.4) is 0 Å². The summed E-state index contributed by atoms with van der Waals surface area (Å²) in [4.78, 5) is 28.0. The highest BCUT2D eigenvalue weighted by molar-refractivity contribution is 7.98. The second-order valence-corrected chi connectivity index (χ2v) is 6.98. The lowest BCUT2D eigenvalue weighted by molar-refractivity contribution is -0.137. The Balaban J connectivity index is 1.54. The zero-order valence-electron chi connectivity index (χ0n) is 16.1. The van der Waals surface area contributed by atoms with E-state index in [1.807, 2.05) is 17.8 Å². The Labute approximate surface area is 172 Å². The minimum absolute atomic E-state index is 0.242. The average Bonchev–Trinajstić information content (AvgIpc) is 3.35. The lowest BCUT2D eigenvalue weighted by atomic mass is 10.2. The van der Waals surface area contributed by atoms with Crippen molar-refractivity contribution in [2.75, 3.05) is 11.9 Å². The summed E-state index contributed by atoms with van der Waals surface area (Å²) >= 11 is 1.53. The van der Waals surface area contributed by atoms with Crippen LogP contribution >= 0.6 is 11.8 Å². The number of esters is 1. The normalized spacial score (nSPS) is 11.0. The van der Waals surface area contributed by atoms with Crippen molar-refractivity contribution in [2.24, 2.45) is 7.05 Å². The fourth-order valence-electron chi connectivity index (χ4n) is 2.43. The van der Waals surface area contributed by atoms with Gasteiger partial charge in [0.15, 0.2) is 10.9 Å². The number of benzene rings is 1. The number of aromatic nitrogens is 2. The van der Waals surface area contributed by atoms with Crippen LogP contribution in [0.15, 0.2) is 64.4 Å². The predicted octanol–water partition coefficient (Wildman–Crippen LogP) is 4.13. The molecule has 0 atom stereocenters. The van der Waals surface area contributed by atoms with Gasteiger partial charge in [-0.2, -0.15) is 0 Å². The molecule has 2 heterocycles. The highest BCUT2D eigenvalue weighted by atomic mass is 32.2. The number of nitrogens with zero attached hydrogens (tertiary/aromatic N) is 2. The van der Waals surface area contributed by atoms with Crippen molar-refractivity contribution in [2.45, 2.75) is 17.8 Å². The number of thioether (sulfide) groups is 1. The van der Waals surface area contributed by atoms with Crippen molar-refractivity contribution < 1.29 is 18.7 Å². The van der Waals surface area contributed by atoms with Crippen LogP contribution in [0.1, 0.15) is 28.8 Å². The van der Waals surface area contributed by atoms with E-state index in [1.54, 1.807) is 55.6 Å². The first kappa shape index (κ1) is 20.5. The number of rotatable bonds is 8. The zero-order valence-corrected chi connectivity index (χ0v) is 16.9. The maximum atomic E-state index is 12.4. The molecule has 0 aliphatic rings. The molecule has 0 saturated carbocycles. The Hall–Kier alpha value is -3.26. The summed E-state index contributed by atoms with van der Waals surface area (Å²) in [7, 11) is 1.92. The molecule has 2 aromatic heterocycles. The van der Waals surface area contributed by atoms with Crippen molar-refractivity contribution in [1.82, 2.24) is 9.55 Å². The summed E-state index contributed by atoms with van der Waals surface area (Å²) < 4.78 is 12.4. The zero-order chi connectivity index (χ0) is 20.6. The summed E-state index contributed by atoms with van der Waals surface area (Å²) in [5, 5.41) is 3.67. The highest BCUT2D eigenvalue weighted by Crippen LogP contribution is 2.22. The number of ether oxygens (including phenoxy) is 1. The number of carbonyl (C=O) groups excluding carboxylic acids is 2. The summed E-state index contributed by atoms with van der Waals surface area (Å²) in [6.45, 7) is 2.09. The molecule has 7 nitrogen and oxygen atoms in total. The van der Waals surface area contributed by atoms with Gasteiger partial charge in [-0.05, 0) is 42.8 Å². The van der Waals surface area contributed by atoms with Gasteiger partial charge in [0.2, 0.25) is 0 Å². The molecule has 150 valence electrons. The van der Waals surface area contributed by atoms with Gasteiger partial charge in [0, 0.05) is 31.2 Å². The van der Waals surface area contributed by atoms with Gasteiger partial charge in [-0.15, -0.1) is 0 Å². The largest absolute Gasteiger partial charge is 0.463 e. The van der Waals surface area contributed by atoms with Gasteiger partial charge in [-0.3, -0.25) is 4.79 Å². The molecule has 3 rings (SSSR count). The predicted molar refractivity (Wildman–Crippen MR) is 112 cm³/mol. The van der Waals surface area contributed by atoms with Crippen LogP contribution in [0.4, 0.5) is 5.69 Å². The number of hydrogen-bond donors (Lipinski definition) is 1. The monoisotopic (exact) mass is 411 g/mol. The van der Waals surface area contributed by atoms with E-state index in [0.29, 0.717) is 23.8 Å². The van der Waals surface area contributed by atoms with Crippen LogP contribution in [0.25, 0.3) is 6.08 Å². The average molecular weight is 411 g/mol. The molecule has 0 radical (unpaired) electrons. The first-order valence-corrected chi connectivity index (χ1v) is 9.99. The number of aryl methyl sites for hydroxylation is 1. The van der Waals surface area contributed by atoms with Crippen molar-refractivity contribution in [1.29, 1.82) is 0 Å². The molecule has 0 aliphatic carbocycles. The summed E-state index contributed by atoms with van der Waals surface area (Å²) in [6, 6.07) is 10.5. The summed E-state index contributed by atoms with van der Waals surface area (Å²) in [6.07, 6.45) is 6.63. The Morgan fingerprint density at radius 2 is 2.03 bits per heavy atom. The Morgan fingerprint density at radius 3 is 2.72 bits per heavy atom. The maximum Gasteiger partial charge on any atom is 0.330 e. The quantitative estimate of drug-likeness (QED) is 0.341. The van der Waals surface area contributed by atoms with Gasteiger partial charge >= 0.3 is 5.97 Å². The van der Waals surface area contributed by atoms with Gasteiger partial charge in [0.05, 0.1) is 12.4 Å². The summed E-state index contributed by atoms with van der Waals surface area (Å²) in [5.41, 5.74) is 1.45. The van der Waals surface area contributed by atoms with Gasteiger partial charge in [-0.25, -0.2) is 9.78 Å². The molecule has 0 spiro atoms. The van der Waals surface area contributed by atoms with E-state index < -0.39 is 0 Å². The number of nitrogens with one attached hydrogen (secondary N) is 1. The van der Waals surface area contributed by atoms with Crippen molar-refractivity contribution in [3.05, 3.63) is 72.0 Å². The third-order valence-electron chi connectivity index (χ3n) is 3.87. The van der Waals surface area contributed by atoms with E-state index in [0.717, 1.165) is 10.7 Å². The molecule has 1 N–H and O–H groups in total. The topological polar surface area (TPSA) is 86.4 Å². The van der Waals surface area contributed by atoms with Gasteiger partial charge in [-0.1, -0.05) is 23.9 Å². The number of anilines is 1. The van der Waals surface area contributed by atoms with Crippen LogP contribution in [0.2, 0.25) is 0 Å². The second-order valence-electron chi connectivity index (χ2n) is 6.04. The van der Waals surface area contributed by atoms with E-state index in [4.69, 9.17) is 9.15 Å². The molecule has 0 unspecified atom stereocenters.